The van der Waals surface area contributed by atoms with E-state index in [4.69, 9.17) is 0 Å². The molecule has 0 unspecified atom stereocenters. The van der Waals surface area contributed by atoms with Crippen LogP contribution >= 0.6 is 0 Å². The molecule has 0 atom stereocenters. The van der Waals surface area contributed by atoms with Crippen LogP contribution in [0.15, 0.2) is 28.9 Å². The van der Waals surface area contributed by atoms with Gasteiger partial charge in [-0.3, -0.25) is 4.99 Å². The molecule has 0 bridgehead atoms. The van der Waals surface area contributed by atoms with E-state index in [1.807, 2.05) is 19.9 Å². The van der Waals surface area contributed by atoms with Gasteiger partial charge in [-0.1, -0.05) is 26.5 Å². The first-order valence-corrected chi connectivity index (χ1v) is 3.95. The molecule has 0 aliphatic rings. The third kappa shape index (κ3) is 3.17. The van der Waals surface area contributed by atoms with Crippen LogP contribution < -0.4 is 0 Å². The Morgan fingerprint density at radius 3 is 2.27 bits per heavy atom. The smallest absolute Gasteiger partial charge is 0.0402 e. The summed E-state index contributed by atoms with van der Waals surface area (Å²) in [5.74, 6) is 0.510. The summed E-state index contributed by atoms with van der Waals surface area (Å²) in [7, 11) is 0. The Bertz CT molecular complexity index is 185. The molecule has 0 fully saturated rings. The van der Waals surface area contributed by atoms with Gasteiger partial charge in [-0.25, -0.2) is 0 Å². The normalized spacial score (nSPS) is 13.9. The first kappa shape index (κ1) is 10.2. The zero-order chi connectivity index (χ0) is 8.85. The number of allylic oxidation sites excluding steroid dienone is 3. The van der Waals surface area contributed by atoms with Gasteiger partial charge in [0.2, 0.25) is 0 Å². The number of rotatable bonds is 3. The summed E-state index contributed by atoms with van der Waals surface area (Å²) in [6, 6.07) is 0. The summed E-state index contributed by atoms with van der Waals surface area (Å²) in [5.41, 5.74) is 2.29. The van der Waals surface area contributed by atoms with Crippen LogP contribution in [0.3, 0.4) is 0 Å². The second-order valence-electron chi connectivity index (χ2n) is 2.79. The third-order valence-electron chi connectivity index (χ3n) is 1.58. The average Bonchev–Trinajstić information content (AvgIpc) is 1.88. The highest BCUT2D eigenvalue weighted by molar-refractivity contribution is 5.55. The van der Waals surface area contributed by atoms with Crippen LogP contribution in [0, 0.1) is 5.92 Å². The fraction of sp³-hybridized carbons (Fsp3) is 0.500. The number of nitrogens with zero attached hydrogens (tertiary/aromatic N) is 1. The zero-order valence-electron chi connectivity index (χ0n) is 7.89. The fourth-order valence-electron chi connectivity index (χ4n) is 1.07. The second kappa shape index (κ2) is 4.89. The maximum Gasteiger partial charge on any atom is 0.0402 e. The predicted octanol–water partition coefficient (Wildman–Crippen LogP) is 3.19. The monoisotopic (exact) mass is 151 g/mol. The SMILES string of the molecule is C=C/C(=C(C)/N=C\C)C(C)C. The van der Waals surface area contributed by atoms with Gasteiger partial charge in [-0.2, -0.15) is 0 Å². The van der Waals surface area contributed by atoms with Crippen molar-refractivity contribution in [2.45, 2.75) is 27.7 Å². The Balaban J connectivity index is 4.67. The van der Waals surface area contributed by atoms with Crippen LogP contribution in [0.5, 0.6) is 0 Å². The Hall–Kier alpha value is -0.850. The average molecular weight is 151 g/mol. The van der Waals surface area contributed by atoms with Crippen LogP contribution in [0.4, 0.5) is 0 Å². The third-order valence-corrected chi connectivity index (χ3v) is 1.58. The number of hydrogen-bond donors (Lipinski definition) is 0. The van der Waals surface area contributed by atoms with Gasteiger partial charge in [0.05, 0.1) is 0 Å². The summed E-state index contributed by atoms with van der Waals surface area (Å²) in [4.78, 5) is 4.20. The molecule has 0 aliphatic heterocycles. The van der Waals surface area contributed by atoms with Crippen LogP contribution in [-0.4, -0.2) is 6.21 Å². The predicted molar refractivity (Wildman–Crippen MR) is 51.9 cm³/mol. The molecule has 1 heteroatoms. The molecule has 0 saturated carbocycles. The highest BCUT2D eigenvalue weighted by Crippen LogP contribution is 2.15. The molecular weight excluding hydrogens is 134 g/mol. The largest absolute Gasteiger partial charge is 0.266 e. The van der Waals surface area contributed by atoms with Crippen molar-refractivity contribution >= 4 is 6.21 Å². The molecule has 0 aromatic heterocycles. The van der Waals surface area contributed by atoms with Gasteiger partial charge in [-0.15, -0.1) is 0 Å². The Kier molecular flexibility index (Phi) is 4.51. The summed E-state index contributed by atoms with van der Waals surface area (Å²) < 4.78 is 0. The molecule has 0 rings (SSSR count). The first-order valence-electron chi connectivity index (χ1n) is 3.95. The minimum Gasteiger partial charge on any atom is -0.266 e. The van der Waals surface area contributed by atoms with Crippen LogP contribution in [-0.2, 0) is 0 Å². The lowest BCUT2D eigenvalue weighted by Gasteiger charge is -2.07. The minimum absolute atomic E-state index is 0.510. The molecule has 0 spiro atoms. The number of aliphatic imine (C=N–C) groups is 1. The lowest BCUT2D eigenvalue weighted by atomic mass is 10.0. The van der Waals surface area contributed by atoms with E-state index in [1.54, 1.807) is 6.21 Å². The van der Waals surface area contributed by atoms with E-state index >= 15 is 0 Å². The van der Waals surface area contributed by atoms with E-state index in [9.17, 15) is 0 Å². The molecule has 0 N–H and O–H groups in total. The van der Waals surface area contributed by atoms with Crippen molar-refractivity contribution < 1.29 is 0 Å². The summed E-state index contributed by atoms with van der Waals surface area (Å²) in [6.07, 6.45) is 3.69. The molecule has 0 saturated heterocycles. The molecule has 62 valence electrons. The van der Waals surface area contributed by atoms with E-state index in [1.165, 1.54) is 5.57 Å². The van der Waals surface area contributed by atoms with E-state index in [0.29, 0.717) is 5.92 Å². The highest BCUT2D eigenvalue weighted by atomic mass is 14.7. The van der Waals surface area contributed by atoms with Gasteiger partial charge in [0.1, 0.15) is 0 Å². The second-order valence-corrected chi connectivity index (χ2v) is 2.79. The van der Waals surface area contributed by atoms with Crippen molar-refractivity contribution in [3.05, 3.63) is 23.9 Å². The number of hydrogen-bond acceptors (Lipinski definition) is 1. The zero-order valence-corrected chi connectivity index (χ0v) is 7.89. The maximum atomic E-state index is 4.20. The molecule has 1 nitrogen and oxygen atoms in total. The molecular formula is C10H17N. The van der Waals surface area contributed by atoms with Crippen molar-refractivity contribution in [1.82, 2.24) is 0 Å². The maximum absolute atomic E-state index is 4.20. The standard InChI is InChI=1S/C10H17N/c1-6-10(8(3)4)9(5)11-7-2/h6-8H,1H2,2-5H3/b10-9-,11-7-. The molecule has 0 aromatic carbocycles. The molecule has 0 radical (unpaired) electrons. The molecule has 11 heavy (non-hydrogen) atoms. The molecule has 0 amide bonds. The summed E-state index contributed by atoms with van der Waals surface area (Å²) in [6.45, 7) is 12.0. The summed E-state index contributed by atoms with van der Waals surface area (Å²) in [5, 5.41) is 0. The van der Waals surface area contributed by atoms with Crippen LogP contribution in [0.25, 0.3) is 0 Å². The van der Waals surface area contributed by atoms with Crippen LogP contribution in [0.2, 0.25) is 0 Å². The van der Waals surface area contributed by atoms with Crippen molar-refractivity contribution in [1.29, 1.82) is 0 Å². The lowest BCUT2D eigenvalue weighted by molar-refractivity contribution is 0.778. The quantitative estimate of drug-likeness (QED) is 0.434. The molecule has 0 aliphatic carbocycles. The summed E-state index contributed by atoms with van der Waals surface area (Å²) >= 11 is 0. The Morgan fingerprint density at radius 2 is 2.00 bits per heavy atom. The fourth-order valence-corrected chi connectivity index (χ4v) is 1.07. The minimum atomic E-state index is 0.510. The highest BCUT2D eigenvalue weighted by Gasteiger charge is 2.01. The van der Waals surface area contributed by atoms with Gasteiger partial charge < -0.3 is 0 Å². The van der Waals surface area contributed by atoms with E-state index in [-0.39, 0.29) is 0 Å². The van der Waals surface area contributed by atoms with Gasteiger partial charge in [0.25, 0.3) is 0 Å². The molecule has 0 aromatic rings. The van der Waals surface area contributed by atoms with Crippen molar-refractivity contribution in [3.8, 4) is 0 Å². The van der Waals surface area contributed by atoms with Crippen molar-refractivity contribution in [2.24, 2.45) is 10.9 Å². The van der Waals surface area contributed by atoms with Crippen molar-refractivity contribution in [2.75, 3.05) is 0 Å². The Morgan fingerprint density at radius 1 is 1.45 bits per heavy atom. The molecule has 0 heterocycles. The van der Waals surface area contributed by atoms with Crippen LogP contribution in [0.1, 0.15) is 27.7 Å². The van der Waals surface area contributed by atoms with E-state index in [0.717, 1.165) is 5.70 Å². The topological polar surface area (TPSA) is 12.4 Å². The van der Waals surface area contributed by atoms with Gasteiger partial charge in [0.15, 0.2) is 0 Å². The van der Waals surface area contributed by atoms with E-state index < -0.39 is 0 Å². The van der Waals surface area contributed by atoms with Gasteiger partial charge >= 0.3 is 0 Å². The van der Waals surface area contributed by atoms with E-state index in [2.05, 4.69) is 25.4 Å². The van der Waals surface area contributed by atoms with Gasteiger partial charge in [0, 0.05) is 11.9 Å². The Labute approximate surface area is 69.5 Å². The van der Waals surface area contributed by atoms with Gasteiger partial charge in [-0.05, 0) is 25.3 Å². The first-order chi connectivity index (χ1) is 5.13. The van der Waals surface area contributed by atoms with Crippen molar-refractivity contribution in [3.63, 3.8) is 0 Å². The lowest BCUT2D eigenvalue weighted by Crippen LogP contribution is -1.93.